The number of hydrogen-bond acceptors (Lipinski definition) is 8. The van der Waals surface area contributed by atoms with Crippen LogP contribution in [0.2, 0.25) is 0 Å². The van der Waals surface area contributed by atoms with Gasteiger partial charge in [-0.3, -0.25) is 4.57 Å². The van der Waals surface area contributed by atoms with Gasteiger partial charge >= 0.3 is 0 Å². The molecule has 162 valence electrons. The van der Waals surface area contributed by atoms with Gasteiger partial charge in [0.2, 0.25) is 5.95 Å². The van der Waals surface area contributed by atoms with Crippen LogP contribution in [0.1, 0.15) is 44.7 Å². The van der Waals surface area contributed by atoms with Gasteiger partial charge in [-0.2, -0.15) is 4.98 Å². The molecule has 1 saturated carbocycles. The van der Waals surface area contributed by atoms with E-state index in [1.54, 1.807) is 25.8 Å². The summed E-state index contributed by atoms with van der Waals surface area (Å²) in [5.41, 5.74) is 1.71. The van der Waals surface area contributed by atoms with Crippen molar-refractivity contribution in [1.29, 1.82) is 0 Å². The Kier molecular flexibility index (Phi) is 4.68. The average Bonchev–Trinajstić information content (AvgIpc) is 3.19. The van der Waals surface area contributed by atoms with Gasteiger partial charge in [0, 0.05) is 25.2 Å². The molecular formula is C22H27N7O2. The number of likely N-dealkylation sites (N-methyl/N-ethyl adjacent to an activating group) is 1. The first-order valence-corrected chi connectivity index (χ1v) is 10.5. The topological polar surface area (TPSA) is 90.2 Å². The highest BCUT2D eigenvalue weighted by atomic mass is 16.5. The smallest absolute Gasteiger partial charge is 0.229 e. The van der Waals surface area contributed by atoms with Crippen LogP contribution in [0.3, 0.4) is 0 Å². The van der Waals surface area contributed by atoms with Crippen LogP contribution in [0.5, 0.6) is 11.5 Å². The van der Waals surface area contributed by atoms with E-state index in [-0.39, 0.29) is 5.54 Å². The second-order valence-corrected chi connectivity index (χ2v) is 8.75. The Labute approximate surface area is 181 Å². The Morgan fingerprint density at radius 2 is 2.00 bits per heavy atom. The quantitative estimate of drug-likeness (QED) is 0.667. The molecule has 31 heavy (non-hydrogen) atoms. The molecule has 0 saturated heterocycles. The monoisotopic (exact) mass is 421 g/mol. The molecule has 9 nitrogen and oxygen atoms in total. The zero-order chi connectivity index (χ0) is 21.6. The maximum atomic E-state index is 5.81. The Morgan fingerprint density at radius 1 is 1.16 bits per heavy atom. The first kappa shape index (κ1) is 19.6. The predicted molar refractivity (Wildman–Crippen MR) is 118 cm³/mol. The maximum Gasteiger partial charge on any atom is 0.229 e. The van der Waals surface area contributed by atoms with Crippen molar-refractivity contribution in [3.63, 3.8) is 0 Å². The lowest BCUT2D eigenvalue weighted by molar-refractivity contribution is 0.215. The normalized spacial score (nSPS) is 17.5. The third-order valence-corrected chi connectivity index (χ3v) is 6.22. The molecule has 0 radical (unpaired) electrons. The number of anilines is 3. The molecule has 0 bridgehead atoms. The molecule has 4 heterocycles. The lowest BCUT2D eigenvalue weighted by Crippen LogP contribution is -2.49. The van der Waals surface area contributed by atoms with Crippen molar-refractivity contribution in [3.8, 4) is 17.3 Å². The molecular weight excluding hydrogens is 394 g/mol. The van der Waals surface area contributed by atoms with Crippen molar-refractivity contribution >= 4 is 17.5 Å². The number of methoxy groups -OCH3 is 1. The summed E-state index contributed by atoms with van der Waals surface area (Å²) in [6, 6.07) is 1.89. The summed E-state index contributed by atoms with van der Waals surface area (Å²) < 4.78 is 13.3. The first-order valence-electron chi connectivity index (χ1n) is 10.5. The largest absolute Gasteiger partial charge is 0.493 e. The fourth-order valence-electron chi connectivity index (χ4n) is 3.75. The minimum atomic E-state index is -0.145. The summed E-state index contributed by atoms with van der Waals surface area (Å²) in [5.74, 6) is 3.82. The highest BCUT2D eigenvalue weighted by Crippen LogP contribution is 2.37. The molecule has 1 aliphatic carbocycles. The van der Waals surface area contributed by atoms with Crippen LogP contribution in [0, 0.1) is 0 Å². The number of hydrogen-bond donors (Lipinski definition) is 1. The fraction of sp³-hybridized carbons (Fsp3) is 0.455. The number of imidazole rings is 1. The number of pyridine rings is 1. The number of nitrogens with one attached hydrogen (secondary N) is 1. The SMILES string of the molecule is COc1cc(Nc2ncc3c(n2)N(C)C(C)(C)CO3)cnc1-n1cnc(C2CCC2)c1. The van der Waals surface area contributed by atoms with Gasteiger partial charge in [-0.25, -0.2) is 15.0 Å². The Bertz CT molecular complexity index is 1110. The third-order valence-electron chi connectivity index (χ3n) is 6.22. The van der Waals surface area contributed by atoms with E-state index in [0.29, 0.717) is 35.8 Å². The van der Waals surface area contributed by atoms with Crippen LogP contribution in [-0.2, 0) is 0 Å². The number of rotatable bonds is 5. The molecule has 9 heteroatoms. The van der Waals surface area contributed by atoms with Gasteiger partial charge < -0.3 is 19.7 Å². The van der Waals surface area contributed by atoms with E-state index >= 15 is 0 Å². The van der Waals surface area contributed by atoms with Crippen molar-refractivity contribution < 1.29 is 9.47 Å². The van der Waals surface area contributed by atoms with E-state index < -0.39 is 0 Å². The molecule has 5 rings (SSSR count). The molecule has 0 spiro atoms. The molecule has 0 unspecified atom stereocenters. The summed E-state index contributed by atoms with van der Waals surface area (Å²) >= 11 is 0. The molecule has 1 aliphatic heterocycles. The Morgan fingerprint density at radius 3 is 2.74 bits per heavy atom. The van der Waals surface area contributed by atoms with Gasteiger partial charge in [-0.05, 0) is 26.7 Å². The van der Waals surface area contributed by atoms with Crippen molar-refractivity contribution in [1.82, 2.24) is 24.5 Å². The van der Waals surface area contributed by atoms with E-state index in [1.807, 2.05) is 23.9 Å². The number of ether oxygens (including phenoxy) is 2. The molecule has 3 aromatic rings. The van der Waals surface area contributed by atoms with Crippen molar-refractivity contribution in [3.05, 3.63) is 36.7 Å². The van der Waals surface area contributed by atoms with Crippen LogP contribution < -0.4 is 19.7 Å². The van der Waals surface area contributed by atoms with Gasteiger partial charge in [0.1, 0.15) is 12.9 Å². The first-order chi connectivity index (χ1) is 14.9. The van der Waals surface area contributed by atoms with Crippen LogP contribution in [0.4, 0.5) is 17.5 Å². The van der Waals surface area contributed by atoms with Crippen molar-refractivity contribution in [2.75, 3.05) is 31.0 Å². The van der Waals surface area contributed by atoms with Crippen molar-refractivity contribution in [2.45, 2.75) is 44.6 Å². The zero-order valence-corrected chi connectivity index (χ0v) is 18.3. The molecule has 0 atom stereocenters. The summed E-state index contributed by atoms with van der Waals surface area (Å²) in [4.78, 5) is 20.3. The Hall–Kier alpha value is -3.36. The lowest BCUT2D eigenvalue weighted by atomic mass is 9.83. The zero-order valence-electron chi connectivity index (χ0n) is 18.3. The standard InChI is InChI=1S/C22H27N7O2/c1-22(2)12-31-18-10-24-21(27-20(18)28(22)3)26-15-8-17(30-4)19(23-9-15)29-11-16(25-13-29)14-6-5-7-14/h8-11,13-14H,5-7,12H2,1-4H3,(H,24,26,27). The number of nitrogens with zero attached hydrogens (tertiary/aromatic N) is 6. The highest BCUT2D eigenvalue weighted by Gasteiger charge is 2.33. The second kappa shape index (κ2) is 7.40. The summed E-state index contributed by atoms with van der Waals surface area (Å²) in [6.45, 7) is 4.82. The average molecular weight is 422 g/mol. The molecule has 0 aromatic carbocycles. The Balaban J connectivity index is 1.39. The van der Waals surface area contributed by atoms with E-state index in [9.17, 15) is 0 Å². The van der Waals surface area contributed by atoms with Gasteiger partial charge in [0.05, 0.1) is 36.4 Å². The van der Waals surface area contributed by atoms with Gasteiger partial charge in [0.25, 0.3) is 0 Å². The minimum absolute atomic E-state index is 0.145. The lowest BCUT2D eigenvalue weighted by Gasteiger charge is -2.40. The molecule has 1 N–H and O–H groups in total. The van der Waals surface area contributed by atoms with Gasteiger partial charge in [-0.1, -0.05) is 6.42 Å². The van der Waals surface area contributed by atoms with E-state index in [4.69, 9.17) is 9.47 Å². The third kappa shape index (κ3) is 3.54. The van der Waals surface area contributed by atoms with Crippen molar-refractivity contribution in [2.24, 2.45) is 0 Å². The molecule has 3 aromatic heterocycles. The minimum Gasteiger partial charge on any atom is -0.493 e. The predicted octanol–water partition coefficient (Wildman–Crippen LogP) is 3.68. The molecule has 1 fully saturated rings. The van der Waals surface area contributed by atoms with E-state index in [1.165, 1.54) is 19.3 Å². The summed E-state index contributed by atoms with van der Waals surface area (Å²) in [5, 5.41) is 3.23. The van der Waals surface area contributed by atoms with E-state index in [0.717, 1.165) is 17.2 Å². The maximum absolute atomic E-state index is 5.81. The number of aromatic nitrogens is 5. The highest BCUT2D eigenvalue weighted by molar-refractivity contribution is 5.62. The summed E-state index contributed by atoms with van der Waals surface area (Å²) in [6.07, 6.45) is 11.0. The fourth-order valence-corrected chi connectivity index (χ4v) is 3.75. The summed E-state index contributed by atoms with van der Waals surface area (Å²) in [7, 11) is 3.65. The molecule has 2 aliphatic rings. The van der Waals surface area contributed by atoms with E-state index in [2.05, 4.69) is 44.0 Å². The molecule has 0 amide bonds. The van der Waals surface area contributed by atoms with Crippen LogP contribution in [0.15, 0.2) is 31.0 Å². The van der Waals surface area contributed by atoms with Gasteiger partial charge in [-0.15, -0.1) is 0 Å². The van der Waals surface area contributed by atoms with Gasteiger partial charge in [0.15, 0.2) is 23.1 Å². The van der Waals surface area contributed by atoms with Crippen LogP contribution >= 0.6 is 0 Å². The second-order valence-electron chi connectivity index (χ2n) is 8.75. The number of fused-ring (bicyclic) bond motifs is 1. The van der Waals surface area contributed by atoms with Crippen LogP contribution in [-0.4, -0.2) is 50.8 Å². The van der Waals surface area contributed by atoms with Crippen LogP contribution in [0.25, 0.3) is 5.82 Å².